The van der Waals surface area contributed by atoms with Gasteiger partial charge in [0.15, 0.2) is 0 Å². The molecule has 7 nitrogen and oxygen atoms in total. The van der Waals surface area contributed by atoms with Crippen LogP contribution >= 0.6 is 23.2 Å². The summed E-state index contributed by atoms with van der Waals surface area (Å²) in [6, 6.07) is 11.8. The predicted molar refractivity (Wildman–Crippen MR) is 142 cm³/mol. The molecule has 1 atom stereocenters. The van der Waals surface area contributed by atoms with Gasteiger partial charge in [-0.05, 0) is 61.1 Å². The largest absolute Gasteiger partial charge is 0.491 e. The number of benzene rings is 2. The van der Waals surface area contributed by atoms with Gasteiger partial charge in [0.25, 0.3) is 0 Å². The minimum absolute atomic E-state index is 0.00560. The van der Waals surface area contributed by atoms with Gasteiger partial charge in [0.05, 0.1) is 22.5 Å². The molecule has 198 valence electrons. The number of rotatable bonds is 11. The Morgan fingerprint density at radius 3 is 2.43 bits per heavy atom. The Labute approximate surface area is 227 Å². The first-order valence-electron chi connectivity index (χ1n) is 12.7. The molecule has 2 fully saturated rings. The molecular weight excluding hydrogens is 515 g/mol. The topological polar surface area (TPSA) is 87.2 Å². The average molecular weight is 547 g/mol. The van der Waals surface area contributed by atoms with Crippen molar-refractivity contribution in [3.63, 3.8) is 0 Å². The Kier molecular flexibility index (Phi) is 8.78. The van der Waals surface area contributed by atoms with Crippen LogP contribution in [0.1, 0.15) is 62.3 Å². The lowest BCUT2D eigenvalue weighted by atomic mass is 9.78. The highest BCUT2D eigenvalue weighted by molar-refractivity contribution is 6.42. The fourth-order valence-electron chi connectivity index (χ4n) is 5.08. The van der Waals surface area contributed by atoms with E-state index in [0.29, 0.717) is 29.4 Å². The smallest absolute Gasteiger partial charge is 0.306 e. The third-order valence-corrected chi connectivity index (χ3v) is 8.19. The van der Waals surface area contributed by atoms with Crippen molar-refractivity contribution in [3.8, 4) is 5.75 Å². The first kappa shape index (κ1) is 27.4. The van der Waals surface area contributed by atoms with Crippen LogP contribution in [-0.4, -0.2) is 51.9 Å². The number of likely N-dealkylation sites (tertiary alicyclic amines) is 1. The van der Waals surface area contributed by atoms with E-state index in [1.165, 1.54) is 4.90 Å². The summed E-state index contributed by atoms with van der Waals surface area (Å²) < 4.78 is 5.96. The summed E-state index contributed by atoms with van der Waals surface area (Å²) >= 11 is 12.4. The second kappa shape index (κ2) is 11.8. The molecule has 1 saturated heterocycles. The molecule has 1 unspecified atom stereocenters. The van der Waals surface area contributed by atoms with Gasteiger partial charge in [-0.25, -0.2) is 0 Å². The van der Waals surface area contributed by atoms with Crippen molar-refractivity contribution >= 4 is 41.0 Å². The van der Waals surface area contributed by atoms with E-state index in [4.69, 9.17) is 27.9 Å². The van der Waals surface area contributed by atoms with Crippen LogP contribution in [0, 0.1) is 5.92 Å². The maximum atomic E-state index is 11.8. The molecule has 1 N–H and O–H groups in total. The number of imide groups is 1. The highest BCUT2D eigenvalue weighted by atomic mass is 35.5. The molecule has 0 spiro atoms. The number of ether oxygens (including phenoxy) is 1. The molecule has 1 saturated carbocycles. The van der Waals surface area contributed by atoms with Crippen LogP contribution < -0.4 is 4.74 Å². The van der Waals surface area contributed by atoms with Crippen molar-refractivity contribution in [1.82, 2.24) is 9.80 Å². The maximum Gasteiger partial charge on any atom is 0.306 e. The molecule has 9 heteroatoms. The molecular formula is C28H32Cl2N2O5. The maximum absolute atomic E-state index is 11.8. The van der Waals surface area contributed by atoms with Crippen molar-refractivity contribution in [2.45, 2.75) is 64.6 Å². The molecule has 4 rings (SSSR count). The van der Waals surface area contributed by atoms with E-state index in [1.807, 2.05) is 24.3 Å². The van der Waals surface area contributed by atoms with Gasteiger partial charge in [-0.3, -0.25) is 24.2 Å². The van der Waals surface area contributed by atoms with Crippen LogP contribution in [0.3, 0.4) is 0 Å². The van der Waals surface area contributed by atoms with Gasteiger partial charge in [0.2, 0.25) is 11.8 Å². The molecule has 0 aromatic heterocycles. The van der Waals surface area contributed by atoms with Crippen molar-refractivity contribution in [1.29, 1.82) is 0 Å². The summed E-state index contributed by atoms with van der Waals surface area (Å²) in [5, 5.41) is 10.4. The second-order valence-corrected chi connectivity index (χ2v) is 10.6. The van der Waals surface area contributed by atoms with E-state index >= 15 is 0 Å². The van der Waals surface area contributed by atoms with E-state index in [0.717, 1.165) is 28.9 Å². The lowest BCUT2D eigenvalue weighted by Crippen LogP contribution is -2.47. The van der Waals surface area contributed by atoms with Crippen LogP contribution in [0.25, 0.3) is 0 Å². The Hall–Kier alpha value is -2.61. The zero-order valence-corrected chi connectivity index (χ0v) is 22.6. The van der Waals surface area contributed by atoms with Crippen LogP contribution in [-0.2, 0) is 27.3 Å². The summed E-state index contributed by atoms with van der Waals surface area (Å²) in [6.07, 6.45) is 2.53. The first-order valence-corrected chi connectivity index (χ1v) is 13.4. The number of aryl methyl sites for hydroxylation is 1. The SMILES string of the molecule is CCc1cc(CN(C2CC(C(=O)O)C2)C(C)c2ccc(Cl)c(Cl)c2)ccc1OCCN1C(=O)CCC1=O. The van der Waals surface area contributed by atoms with Gasteiger partial charge in [-0.1, -0.05) is 48.3 Å². The van der Waals surface area contributed by atoms with Gasteiger partial charge in [0, 0.05) is 31.5 Å². The van der Waals surface area contributed by atoms with Gasteiger partial charge < -0.3 is 9.84 Å². The molecule has 0 radical (unpaired) electrons. The van der Waals surface area contributed by atoms with Crippen LogP contribution in [0.5, 0.6) is 5.75 Å². The Balaban J connectivity index is 1.48. The fourth-order valence-corrected chi connectivity index (χ4v) is 5.39. The molecule has 37 heavy (non-hydrogen) atoms. The summed E-state index contributed by atoms with van der Waals surface area (Å²) in [5.74, 6) is -0.603. The normalized spacial score (nSPS) is 20.3. The average Bonchev–Trinajstić information content (AvgIpc) is 3.16. The molecule has 2 aromatic carbocycles. The van der Waals surface area contributed by atoms with Crippen LogP contribution in [0.2, 0.25) is 10.0 Å². The van der Waals surface area contributed by atoms with E-state index in [2.05, 4.69) is 24.8 Å². The number of amides is 2. The first-order chi connectivity index (χ1) is 17.7. The highest BCUT2D eigenvalue weighted by Crippen LogP contribution is 2.39. The number of carbonyl (C=O) groups is 3. The summed E-state index contributed by atoms with van der Waals surface area (Å²) in [6.45, 7) is 5.31. The lowest BCUT2D eigenvalue weighted by molar-refractivity contribution is -0.147. The van der Waals surface area contributed by atoms with E-state index in [1.54, 1.807) is 6.07 Å². The highest BCUT2D eigenvalue weighted by Gasteiger charge is 2.40. The summed E-state index contributed by atoms with van der Waals surface area (Å²) in [5.41, 5.74) is 3.16. The van der Waals surface area contributed by atoms with E-state index in [9.17, 15) is 19.5 Å². The van der Waals surface area contributed by atoms with Gasteiger partial charge in [-0.15, -0.1) is 0 Å². The van der Waals surface area contributed by atoms with Gasteiger partial charge >= 0.3 is 5.97 Å². The minimum atomic E-state index is -0.745. The van der Waals surface area contributed by atoms with Crippen molar-refractivity contribution in [2.24, 2.45) is 5.92 Å². The standard InChI is InChI=1S/C28H32Cl2N2O5/c1-3-19-12-18(4-7-25(19)37-11-10-31-26(33)8-9-27(31)34)16-32(22-13-21(14-22)28(35)36)17(2)20-5-6-23(29)24(30)15-20/h4-7,12,15,17,21-22H,3,8-11,13-14,16H2,1-2H3,(H,35,36). The molecule has 2 amide bonds. The number of hydrogen-bond donors (Lipinski definition) is 1. The molecule has 1 aliphatic heterocycles. The van der Waals surface area contributed by atoms with Crippen molar-refractivity contribution < 1.29 is 24.2 Å². The molecule has 2 aliphatic rings. The second-order valence-electron chi connectivity index (χ2n) is 9.77. The molecule has 1 aliphatic carbocycles. The fraction of sp³-hybridized carbons (Fsp3) is 0.464. The quantitative estimate of drug-likeness (QED) is 0.374. The number of carbonyl (C=O) groups excluding carboxylic acids is 2. The van der Waals surface area contributed by atoms with E-state index < -0.39 is 5.97 Å². The number of aliphatic carboxylic acids is 1. The Morgan fingerprint density at radius 2 is 1.81 bits per heavy atom. The molecule has 0 bridgehead atoms. The van der Waals surface area contributed by atoms with Gasteiger partial charge in [-0.2, -0.15) is 0 Å². The Morgan fingerprint density at radius 1 is 1.11 bits per heavy atom. The monoisotopic (exact) mass is 546 g/mol. The summed E-state index contributed by atoms with van der Waals surface area (Å²) in [4.78, 5) is 38.7. The minimum Gasteiger partial charge on any atom is -0.491 e. The Bertz CT molecular complexity index is 1170. The number of halogens is 2. The number of carboxylic acids is 1. The van der Waals surface area contributed by atoms with Gasteiger partial charge in [0.1, 0.15) is 12.4 Å². The predicted octanol–water partition coefficient (Wildman–Crippen LogP) is 5.51. The summed E-state index contributed by atoms with van der Waals surface area (Å²) in [7, 11) is 0. The van der Waals surface area contributed by atoms with E-state index in [-0.39, 0.29) is 55.8 Å². The van der Waals surface area contributed by atoms with Crippen molar-refractivity contribution in [3.05, 3.63) is 63.1 Å². The van der Waals surface area contributed by atoms with Crippen LogP contribution in [0.15, 0.2) is 36.4 Å². The van der Waals surface area contributed by atoms with Crippen LogP contribution in [0.4, 0.5) is 0 Å². The number of nitrogens with zero attached hydrogens (tertiary/aromatic N) is 2. The molecule has 1 heterocycles. The number of carboxylic acid groups (broad SMARTS) is 1. The third kappa shape index (κ3) is 6.28. The lowest BCUT2D eigenvalue weighted by Gasteiger charge is -2.44. The third-order valence-electron chi connectivity index (χ3n) is 7.45. The zero-order chi connectivity index (χ0) is 26.7. The number of hydrogen-bond acceptors (Lipinski definition) is 5. The molecule has 2 aromatic rings. The zero-order valence-electron chi connectivity index (χ0n) is 21.1. The van der Waals surface area contributed by atoms with Crippen molar-refractivity contribution in [2.75, 3.05) is 13.2 Å².